The first kappa shape index (κ1) is 14.9. The smallest absolute Gasteiger partial charge is 0.231 e. The van der Waals surface area contributed by atoms with Gasteiger partial charge in [-0.3, -0.25) is 4.99 Å². The first-order valence-electron chi connectivity index (χ1n) is 7.37. The van der Waals surface area contributed by atoms with Crippen LogP contribution >= 0.6 is 0 Å². The molecule has 0 radical (unpaired) electrons. The van der Waals surface area contributed by atoms with Crippen LogP contribution in [-0.4, -0.2) is 52.3 Å². The van der Waals surface area contributed by atoms with Gasteiger partial charge in [0.05, 0.1) is 25.9 Å². The minimum atomic E-state index is 0.0674. The molecule has 22 heavy (non-hydrogen) atoms. The van der Waals surface area contributed by atoms with Crippen molar-refractivity contribution in [2.45, 2.75) is 12.6 Å². The highest BCUT2D eigenvalue weighted by molar-refractivity contribution is 5.79. The van der Waals surface area contributed by atoms with Crippen LogP contribution in [-0.2, 0) is 16.0 Å². The summed E-state index contributed by atoms with van der Waals surface area (Å²) in [6.07, 6.45) is 0.0674. The van der Waals surface area contributed by atoms with Gasteiger partial charge in [-0.15, -0.1) is 0 Å². The summed E-state index contributed by atoms with van der Waals surface area (Å²) in [5, 5.41) is 6.50. The normalized spacial score (nSPS) is 20.8. The standard InChI is InChI=1S/C15H21N3O4/c1-16-15(18-8-12-9-19-4-5-20-12)17-7-11-2-3-13-14(6-11)22-10-21-13/h2-3,6,12H,4-5,7-10H2,1H3,(H2,16,17,18). The summed E-state index contributed by atoms with van der Waals surface area (Å²) in [7, 11) is 1.74. The van der Waals surface area contributed by atoms with Crippen LogP contribution in [0.4, 0.5) is 0 Å². The van der Waals surface area contributed by atoms with E-state index in [1.54, 1.807) is 7.05 Å². The Kier molecular flexibility index (Phi) is 4.97. The first-order chi connectivity index (χ1) is 10.8. The molecule has 0 aromatic heterocycles. The van der Waals surface area contributed by atoms with Crippen molar-refractivity contribution in [2.75, 3.05) is 40.2 Å². The minimum absolute atomic E-state index is 0.0674. The van der Waals surface area contributed by atoms with E-state index in [1.807, 2.05) is 18.2 Å². The third-order valence-electron chi connectivity index (χ3n) is 3.50. The Hall–Kier alpha value is -1.99. The lowest BCUT2D eigenvalue weighted by Gasteiger charge is -2.24. The lowest BCUT2D eigenvalue weighted by molar-refractivity contribution is -0.0850. The van der Waals surface area contributed by atoms with Gasteiger partial charge in [0.15, 0.2) is 17.5 Å². The Morgan fingerprint density at radius 2 is 2.14 bits per heavy atom. The Morgan fingerprint density at radius 1 is 1.23 bits per heavy atom. The summed E-state index contributed by atoms with van der Waals surface area (Å²) in [5.74, 6) is 2.31. The average Bonchev–Trinajstić information content (AvgIpc) is 3.03. The molecule has 120 valence electrons. The highest BCUT2D eigenvalue weighted by Gasteiger charge is 2.15. The van der Waals surface area contributed by atoms with Crippen LogP contribution in [0, 0.1) is 0 Å². The van der Waals surface area contributed by atoms with Gasteiger partial charge in [0.25, 0.3) is 0 Å². The molecule has 0 spiro atoms. The molecule has 1 fully saturated rings. The highest BCUT2D eigenvalue weighted by atomic mass is 16.7. The molecule has 7 nitrogen and oxygen atoms in total. The van der Waals surface area contributed by atoms with Crippen LogP contribution in [0.5, 0.6) is 11.5 Å². The fraction of sp³-hybridized carbons (Fsp3) is 0.533. The van der Waals surface area contributed by atoms with E-state index in [4.69, 9.17) is 18.9 Å². The molecule has 1 aromatic carbocycles. The topological polar surface area (TPSA) is 73.3 Å². The largest absolute Gasteiger partial charge is 0.454 e. The number of guanidine groups is 1. The van der Waals surface area contributed by atoms with Crippen LogP contribution in [0.3, 0.4) is 0 Å². The maximum Gasteiger partial charge on any atom is 0.231 e. The molecule has 1 unspecified atom stereocenters. The predicted molar refractivity (Wildman–Crippen MR) is 81.3 cm³/mol. The van der Waals surface area contributed by atoms with Gasteiger partial charge >= 0.3 is 0 Å². The number of aliphatic imine (C=N–C) groups is 1. The molecular weight excluding hydrogens is 286 g/mol. The van der Waals surface area contributed by atoms with Gasteiger partial charge in [-0.2, -0.15) is 0 Å². The van der Waals surface area contributed by atoms with Crippen LogP contribution in [0.25, 0.3) is 0 Å². The van der Waals surface area contributed by atoms with E-state index in [-0.39, 0.29) is 6.10 Å². The molecule has 0 amide bonds. The van der Waals surface area contributed by atoms with Crippen LogP contribution in [0.2, 0.25) is 0 Å². The van der Waals surface area contributed by atoms with E-state index in [0.29, 0.717) is 39.7 Å². The van der Waals surface area contributed by atoms with Crippen LogP contribution < -0.4 is 20.1 Å². The second-order valence-corrected chi connectivity index (χ2v) is 5.06. The number of fused-ring (bicyclic) bond motifs is 1. The quantitative estimate of drug-likeness (QED) is 0.623. The Bertz CT molecular complexity index is 530. The van der Waals surface area contributed by atoms with Crippen molar-refractivity contribution in [1.29, 1.82) is 0 Å². The molecule has 0 bridgehead atoms. The lowest BCUT2D eigenvalue weighted by atomic mass is 10.2. The minimum Gasteiger partial charge on any atom is -0.454 e. The van der Waals surface area contributed by atoms with Crippen molar-refractivity contribution in [3.8, 4) is 11.5 Å². The molecular formula is C15H21N3O4. The third-order valence-corrected chi connectivity index (χ3v) is 3.50. The molecule has 0 aliphatic carbocycles. The molecule has 7 heteroatoms. The molecule has 2 N–H and O–H groups in total. The second-order valence-electron chi connectivity index (χ2n) is 5.06. The SMILES string of the molecule is CN=C(NCc1ccc2c(c1)OCO2)NCC1COCCO1. The van der Waals surface area contributed by atoms with Crippen LogP contribution in [0.1, 0.15) is 5.56 Å². The van der Waals surface area contributed by atoms with Gasteiger partial charge in [-0.1, -0.05) is 6.07 Å². The fourth-order valence-corrected chi connectivity index (χ4v) is 2.32. The van der Waals surface area contributed by atoms with Crippen molar-refractivity contribution in [3.63, 3.8) is 0 Å². The number of nitrogens with zero attached hydrogens (tertiary/aromatic N) is 1. The molecule has 2 heterocycles. The lowest BCUT2D eigenvalue weighted by Crippen LogP contribution is -2.44. The second kappa shape index (κ2) is 7.33. The average molecular weight is 307 g/mol. The van der Waals surface area contributed by atoms with Crippen molar-refractivity contribution in [2.24, 2.45) is 4.99 Å². The van der Waals surface area contributed by atoms with Crippen molar-refractivity contribution >= 4 is 5.96 Å². The number of nitrogens with one attached hydrogen (secondary N) is 2. The summed E-state index contributed by atoms with van der Waals surface area (Å²) in [6.45, 7) is 3.55. The summed E-state index contributed by atoms with van der Waals surface area (Å²) in [4.78, 5) is 4.20. The molecule has 1 aromatic rings. The third kappa shape index (κ3) is 3.80. The maximum atomic E-state index is 5.59. The number of hydrogen-bond donors (Lipinski definition) is 2. The predicted octanol–water partition coefficient (Wildman–Crippen LogP) is 0.496. The zero-order chi connectivity index (χ0) is 15.2. The molecule has 3 rings (SSSR count). The van der Waals surface area contributed by atoms with Crippen molar-refractivity contribution in [1.82, 2.24) is 10.6 Å². The van der Waals surface area contributed by atoms with Crippen LogP contribution in [0.15, 0.2) is 23.2 Å². The van der Waals surface area contributed by atoms with Gasteiger partial charge in [0.1, 0.15) is 0 Å². The van der Waals surface area contributed by atoms with Gasteiger partial charge in [-0.05, 0) is 17.7 Å². The number of hydrogen-bond acceptors (Lipinski definition) is 5. The summed E-state index contributed by atoms with van der Waals surface area (Å²) >= 11 is 0. The summed E-state index contributed by atoms with van der Waals surface area (Å²) in [5.41, 5.74) is 1.10. The Labute approximate surface area is 129 Å². The highest BCUT2D eigenvalue weighted by Crippen LogP contribution is 2.32. The van der Waals surface area contributed by atoms with Gasteiger partial charge < -0.3 is 29.6 Å². The maximum absolute atomic E-state index is 5.59. The van der Waals surface area contributed by atoms with Gasteiger partial charge in [-0.25, -0.2) is 0 Å². The van der Waals surface area contributed by atoms with E-state index in [1.165, 1.54) is 0 Å². The fourth-order valence-electron chi connectivity index (χ4n) is 2.32. The van der Waals surface area contributed by atoms with Gasteiger partial charge in [0, 0.05) is 20.1 Å². The van der Waals surface area contributed by atoms with E-state index >= 15 is 0 Å². The molecule has 1 saturated heterocycles. The molecule has 2 aliphatic rings. The zero-order valence-corrected chi connectivity index (χ0v) is 12.6. The first-order valence-corrected chi connectivity index (χ1v) is 7.37. The van der Waals surface area contributed by atoms with Crippen molar-refractivity contribution in [3.05, 3.63) is 23.8 Å². The van der Waals surface area contributed by atoms with Crippen molar-refractivity contribution < 1.29 is 18.9 Å². The molecule has 1 atom stereocenters. The van der Waals surface area contributed by atoms with E-state index < -0.39 is 0 Å². The van der Waals surface area contributed by atoms with E-state index in [9.17, 15) is 0 Å². The van der Waals surface area contributed by atoms with Gasteiger partial charge in [0.2, 0.25) is 6.79 Å². The number of rotatable bonds is 4. The Balaban J connectivity index is 1.46. The molecule has 2 aliphatic heterocycles. The number of ether oxygens (including phenoxy) is 4. The zero-order valence-electron chi connectivity index (χ0n) is 12.6. The number of benzene rings is 1. The Morgan fingerprint density at radius 3 is 2.95 bits per heavy atom. The summed E-state index contributed by atoms with van der Waals surface area (Å²) in [6, 6.07) is 5.90. The summed E-state index contributed by atoms with van der Waals surface area (Å²) < 4.78 is 21.6. The van der Waals surface area contributed by atoms with E-state index in [2.05, 4.69) is 15.6 Å². The molecule has 0 saturated carbocycles. The van der Waals surface area contributed by atoms with E-state index in [0.717, 1.165) is 23.0 Å². The monoisotopic (exact) mass is 307 g/mol.